The number of ether oxygens (including phenoxy) is 2. The number of methoxy groups -OCH3 is 1. The number of aliphatic carboxylic acids is 1. The quantitative estimate of drug-likeness (QED) is 0.540. The van der Waals surface area contributed by atoms with Crippen LogP contribution in [0.15, 0.2) is 48.5 Å². The molecular weight excluding hydrogens is 476 g/mol. The summed E-state index contributed by atoms with van der Waals surface area (Å²) in [7, 11) is 1.72. The fraction of sp³-hybridized carbons (Fsp3) is 0.333. The number of amides is 1. The minimum Gasteiger partial charge on any atom is -1.00 e. The smallest absolute Gasteiger partial charge is 1.00 e. The average Bonchev–Trinajstić information content (AvgIpc) is 2.79. The van der Waals surface area contributed by atoms with E-state index >= 15 is 0 Å². The number of benzene rings is 2. The largest absolute Gasteiger partial charge is 1.00 e. The standard InChI is InChI=1S/C24H25Cl2NO5.Na.H/c1-31-24(12-14-32-15-13-24)17-10-8-16(9-11-17)4-2-7-20(23(29)30)27-22(28)21-18(25)5-3-6-19(21)26;;/h2-6,8-11,20H,7,12-15H2,1H3,(H,27,28)(H,29,30);;/q;+1;-1/b4-2+;;/t20-;;/m0../s1. The Kier molecular flexibility index (Phi) is 10.9. The van der Waals surface area contributed by atoms with Crippen molar-refractivity contribution in [3.63, 3.8) is 0 Å². The Hall–Kier alpha value is -1.38. The zero-order valence-electron chi connectivity index (χ0n) is 19.6. The fourth-order valence-electron chi connectivity index (χ4n) is 3.72. The van der Waals surface area contributed by atoms with Crippen molar-refractivity contribution in [2.24, 2.45) is 0 Å². The van der Waals surface area contributed by atoms with Crippen LogP contribution in [0.1, 0.15) is 42.2 Å². The number of carboxylic acid groups (broad SMARTS) is 1. The van der Waals surface area contributed by atoms with Crippen LogP contribution in [-0.2, 0) is 19.9 Å². The van der Waals surface area contributed by atoms with E-state index in [1.54, 1.807) is 19.3 Å². The SMILES string of the molecule is COC1(c2ccc(/C=C/C[C@H](NC(=O)c3c(Cl)cccc3Cl)C(=O)O)cc2)CCOCC1.[H-].[Na+]. The van der Waals surface area contributed by atoms with Crippen molar-refractivity contribution in [1.82, 2.24) is 5.32 Å². The van der Waals surface area contributed by atoms with Crippen LogP contribution >= 0.6 is 23.2 Å². The number of carbonyl (C=O) groups is 2. The molecule has 2 N–H and O–H groups in total. The molecule has 0 radical (unpaired) electrons. The number of hydrogen-bond acceptors (Lipinski definition) is 4. The maximum atomic E-state index is 12.5. The van der Waals surface area contributed by atoms with E-state index in [1.165, 1.54) is 12.1 Å². The van der Waals surface area contributed by atoms with Crippen LogP contribution < -0.4 is 34.9 Å². The van der Waals surface area contributed by atoms with E-state index < -0.39 is 17.9 Å². The Bertz CT molecular complexity index is 977. The summed E-state index contributed by atoms with van der Waals surface area (Å²) in [6.07, 6.45) is 5.23. The van der Waals surface area contributed by atoms with Gasteiger partial charge in [-0.3, -0.25) is 4.79 Å². The van der Waals surface area contributed by atoms with Gasteiger partial charge in [0.1, 0.15) is 6.04 Å². The predicted octanol–water partition coefficient (Wildman–Crippen LogP) is 2.05. The summed E-state index contributed by atoms with van der Waals surface area (Å²) in [6.45, 7) is 1.33. The van der Waals surface area contributed by atoms with Gasteiger partial charge in [-0.1, -0.05) is 65.7 Å². The first kappa shape index (κ1) is 27.9. The minimum atomic E-state index is -1.15. The van der Waals surface area contributed by atoms with E-state index in [0.717, 1.165) is 24.0 Å². The van der Waals surface area contributed by atoms with Gasteiger partial charge in [-0.05, 0) is 29.7 Å². The zero-order chi connectivity index (χ0) is 23.1. The van der Waals surface area contributed by atoms with E-state index in [9.17, 15) is 14.7 Å². The van der Waals surface area contributed by atoms with Crippen molar-refractivity contribution in [3.05, 3.63) is 75.3 Å². The second-order valence-electron chi connectivity index (χ2n) is 7.53. The van der Waals surface area contributed by atoms with E-state index in [2.05, 4.69) is 5.32 Å². The molecule has 1 heterocycles. The summed E-state index contributed by atoms with van der Waals surface area (Å²) >= 11 is 12.1. The topological polar surface area (TPSA) is 84.9 Å². The second-order valence-corrected chi connectivity index (χ2v) is 8.35. The van der Waals surface area contributed by atoms with Crippen molar-refractivity contribution in [1.29, 1.82) is 0 Å². The Balaban J connectivity index is 0.00000289. The molecule has 172 valence electrons. The number of carbonyl (C=O) groups excluding carboxylic acids is 1. The van der Waals surface area contributed by atoms with Crippen molar-refractivity contribution in [2.75, 3.05) is 20.3 Å². The molecule has 0 saturated carbocycles. The van der Waals surface area contributed by atoms with Gasteiger partial charge in [-0.15, -0.1) is 0 Å². The molecule has 0 bridgehead atoms. The van der Waals surface area contributed by atoms with Crippen LogP contribution in [0, 0.1) is 0 Å². The average molecular weight is 502 g/mol. The molecule has 1 aliphatic rings. The summed E-state index contributed by atoms with van der Waals surface area (Å²) in [4.78, 5) is 24.1. The normalized spacial score (nSPS) is 16.1. The van der Waals surface area contributed by atoms with Crippen molar-refractivity contribution in [2.45, 2.75) is 30.9 Å². The monoisotopic (exact) mass is 501 g/mol. The van der Waals surface area contributed by atoms with Gasteiger partial charge in [0.25, 0.3) is 5.91 Å². The summed E-state index contributed by atoms with van der Waals surface area (Å²) in [5, 5.41) is 12.3. The predicted molar refractivity (Wildman–Crippen MR) is 125 cm³/mol. The minimum absolute atomic E-state index is 0. The maximum absolute atomic E-state index is 12.5. The molecule has 9 heteroatoms. The Morgan fingerprint density at radius 3 is 2.33 bits per heavy atom. The molecule has 1 aliphatic heterocycles. The first-order chi connectivity index (χ1) is 15.4. The third-order valence-corrected chi connectivity index (χ3v) is 6.23. The molecule has 0 spiro atoms. The van der Waals surface area contributed by atoms with Crippen LogP contribution in [0.3, 0.4) is 0 Å². The van der Waals surface area contributed by atoms with Crippen LogP contribution in [0.25, 0.3) is 6.08 Å². The summed E-state index contributed by atoms with van der Waals surface area (Å²) in [5.41, 5.74) is 1.73. The Morgan fingerprint density at radius 1 is 1.18 bits per heavy atom. The van der Waals surface area contributed by atoms with E-state index in [-0.39, 0.29) is 58.6 Å². The second kappa shape index (κ2) is 12.9. The van der Waals surface area contributed by atoms with Gasteiger partial charge in [0.05, 0.1) is 21.2 Å². The van der Waals surface area contributed by atoms with Crippen LogP contribution in [-0.4, -0.2) is 43.3 Å². The van der Waals surface area contributed by atoms with Gasteiger partial charge in [-0.25, -0.2) is 4.79 Å². The first-order valence-electron chi connectivity index (χ1n) is 10.2. The van der Waals surface area contributed by atoms with Crippen LogP contribution in [0.5, 0.6) is 0 Å². The molecular formula is C24H26Cl2NNaO5. The maximum Gasteiger partial charge on any atom is 1.00 e. The van der Waals surface area contributed by atoms with Crippen molar-refractivity contribution < 1.29 is 55.2 Å². The number of halogens is 2. The van der Waals surface area contributed by atoms with Gasteiger partial charge in [0.2, 0.25) is 0 Å². The summed E-state index contributed by atoms with van der Waals surface area (Å²) < 4.78 is 11.3. The van der Waals surface area contributed by atoms with Crippen LogP contribution in [0.4, 0.5) is 0 Å². The zero-order valence-corrected chi connectivity index (χ0v) is 22.2. The third-order valence-electron chi connectivity index (χ3n) is 5.60. The number of nitrogens with one attached hydrogen (secondary N) is 1. The van der Waals surface area contributed by atoms with E-state index in [0.29, 0.717) is 13.2 Å². The molecule has 6 nitrogen and oxygen atoms in total. The molecule has 0 aliphatic carbocycles. The van der Waals surface area contributed by atoms with Gasteiger partial charge in [0.15, 0.2) is 0 Å². The summed E-state index contributed by atoms with van der Waals surface area (Å²) in [5.74, 6) is -1.78. The molecule has 0 aromatic heterocycles. The number of carboxylic acids is 1. The van der Waals surface area contributed by atoms with Crippen molar-refractivity contribution in [3.8, 4) is 0 Å². The fourth-order valence-corrected chi connectivity index (χ4v) is 4.29. The van der Waals surface area contributed by atoms with Gasteiger partial charge >= 0.3 is 35.5 Å². The molecule has 1 atom stereocenters. The van der Waals surface area contributed by atoms with Crippen LogP contribution in [0.2, 0.25) is 10.0 Å². The van der Waals surface area contributed by atoms with Gasteiger partial charge < -0.3 is 21.3 Å². The number of hydrogen-bond donors (Lipinski definition) is 2. The summed E-state index contributed by atoms with van der Waals surface area (Å²) in [6, 6.07) is 11.5. The Labute approximate surface area is 227 Å². The molecule has 33 heavy (non-hydrogen) atoms. The van der Waals surface area contributed by atoms with Gasteiger partial charge in [0, 0.05) is 33.2 Å². The van der Waals surface area contributed by atoms with Gasteiger partial charge in [-0.2, -0.15) is 0 Å². The number of rotatable bonds is 8. The molecule has 1 fully saturated rings. The van der Waals surface area contributed by atoms with Crippen molar-refractivity contribution >= 4 is 41.2 Å². The van der Waals surface area contributed by atoms with E-state index in [4.69, 9.17) is 32.7 Å². The molecule has 0 unspecified atom stereocenters. The first-order valence-corrected chi connectivity index (χ1v) is 11.0. The van der Waals surface area contributed by atoms with E-state index in [1.807, 2.05) is 30.3 Å². The molecule has 1 saturated heterocycles. The molecule has 1 amide bonds. The Morgan fingerprint density at radius 2 is 1.79 bits per heavy atom. The molecule has 3 rings (SSSR count). The molecule has 2 aromatic rings. The molecule has 2 aromatic carbocycles. The third kappa shape index (κ3) is 7.06.